The van der Waals surface area contributed by atoms with Crippen molar-refractivity contribution in [3.05, 3.63) is 235 Å². The lowest BCUT2D eigenvalue weighted by Gasteiger charge is -2.35. The lowest BCUT2D eigenvalue weighted by atomic mass is 9.75. The minimum Gasteiger partial charge on any atom is -0.456 e. The molecule has 0 unspecified atom stereocenters. The summed E-state index contributed by atoms with van der Waals surface area (Å²) in [5.74, 6) is 1.86. The van der Waals surface area contributed by atoms with Crippen molar-refractivity contribution in [1.82, 2.24) is 0 Å². The summed E-state index contributed by atoms with van der Waals surface area (Å²) in [4.78, 5) is 2.36. The van der Waals surface area contributed by atoms with Gasteiger partial charge in [0.1, 0.15) is 11.5 Å². The van der Waals surface area contributed by atoms with E-state index in [4.69, 9.17) is 4.74 Å². The fourth-order valence-corrected chi connectivity index (χ4v) is 10.0. The van der Waals surface area contributed by atoms with Gasteiger partial charge in [-0.05, 0) is 110 Å². The smallest absolute Gasteiger partial charge is 0.139 e. The van der Waals surface area contributed by atoms with Crippen molar-refractivity contribution in [3.63, 3.8) is 0 Å². The molecule has 1 aliphatic heterocycles. The van der Waals surface area contributed by atoms with Crippen LogP contribution in [0, 0.1) is 0 Å². The van der Waals surface area contributed by atoms with Crippen LogP contribution < -0.4 is 9.64 Å². The first-order valence-corrected chi connectivity index (χ1v) is 21.7. The topological polar surface area (TPSA) is 12.5 Å². The molecule has 0 atom stereocenters. The van der Waals surface area contributed by atoms with E-state index < -0.39 is 0 Å². The summed E-state index contributed by atoms with van der Waals surface area (Å²) in [6, 6.07) is 77.1. The fourth-order valence-electron chi connectivity index (χ4n) is 10.0. The van der Waals surface area contributed by atoms with Crippen molar-refractivity contribution >= 4 is 17.1 Å². The Hall–Kier alpha value is -7.42. The molecule has 11 rings (SSSR count). The van der Waals surface area contributed by atoms with Crippen LogP contribution in [0.25, 0.3) is 55.6 Å². The van der Waals surface area contributed by atoms with Crippen molar-refractivity contribution in [3.8, 4) is 67.1 Å². The zero-order valence-corrected chi connectivity index (χ0v) is 35.6. The predicted molar refractivity (Wildman–Crippen MR) is 259 cm³/mol. The molecule has 1 heterocycles. The molecule has 2 aliphatic rings. The minimum absolute atomic E-state index is 0.0511. The second kappa shape index (κ2) is 14.6. The third kappa shape index (κ3) is 6.17. The third-order valence-corrected chi connectivity index (χ3v) is 13.4. The van der Waals surface area contributed by atoms with Gasteiger partial charge in [0.15, 0.2) is 0 Å². The predicted octanol–water partition coefficient (Wildman–Crippen LogP) is 16.6. The Morgan fingerprint density at radius 1 is 0.306 bits per heavy atom. The average Bonchev–Trinajstić information content (AvgIpc) is 3.55. The first-order valence-electron chi connectivity index (χ1n) is 21.7. The summed E-state index contributed by atoms with van der Waals surface area (Å²) >= 11 is 0. The molecule has 1 aliphatic carbocycles. The van der Waals surface area contributed by atoms with E-state index in [9.17, 15) is 0 Å². The molecule has 2 heteroatoms. The van der Waals surface area contributed by atoms with Gasteiger partial charge in [0.05, 0.1) is 0 Å². The Morgan fingerprint density at radius 2 is 0.742 bits per heavy atom. The standard InChI is InChI=1S/C60H47NO/c1-59(2)53-21-11-10-19-51(53)52-38-31-44(39-56(52)59)40-25-32-45(33-26-40)61(46-34-27-42(28-35-46)49-18-9-8-17-48(49)41-15-6-5-7-16-41)47-36-29-43(30-37-47)50-20-14-23-55-58(50)62-57-24-13-12-22-54(57)60(55,3)4/h5-39H,1-4H3. The monoisotopic (exact) mass is 797 g/mol. The van der Waals surface area contributed by atoms with Crippen molar-refractivity contribution in [2.75, 3.05) is 4.90 Å². The largest absolute Gasteiger partial charge is 0.456 e. The lowest BCUT2D eigenvalue weighted by Crippen LogP contribution is -2.24. The molecule has 0 amide bonds. The van der Waals surface area contributed by atoms with E-state index in [1.165, 1.54) is 66.8 Å². The second-order valence-corrected chi connectivity index (χ2v) is 17.7. The number of benzene rings is 9. The molecule has 298 valence electrons. The molecule has 0 bridgehead atoms. The van der Waals surface area contributed by atoms with Gasteiger partial charge in [0, 0.05) is 44.6 Å². The van der Waals surface area contributed by atoms with E-state index in [0.717, 1.165) is 39.7 Å². The first-order chi connectivity index (χ1) is 30.3. The molecule has 9 aromatic rings. The maximum Gasteiger partial charge on any atom is 0.139 e. The van der Waals surface area contributed by atoms with Crippen LogP contribution in [0.1, 0.15) is 49.9 Å². The zero-order chi connectivity index (χ0) is 42.0. The van der Waals surface area contributed by atoms with Crippen molar-refractivity contribution < 1.29 is 4.74 Å². The highest BCUT2D eigenvalue weighted by Crippen LogP contribution is 2.52. The van der Waals surface area contributed by atoms with Gasteiger partial charge in [0.25, 0.3) is 0 Å². The maximum atomic E-state index is 6.69. The molecule has 0 fully saturated rings. The van der Waals surface area contributed by atoms with Crippen LogP contribution in [-0.2, 0) is 10.8 Å². The van der Waals surface area contributed by atoms with E-state index in [1.54, 1.807) is 0 Å². The average molecular weight is 798 g/mol. The van der Waals surface area contributed by atoms with E-state index in [0.29, 0.717) is 0 Å². The SMILES string of the molecule is CC1(C)c2ccccc2-c2ccc(-c3ccc(N(c4ccc(-c5ccccc5-c5ccccc5)cc4)c4ccc(-c5cccc6c5Oc5ccccc5C6(C)C)cc4)cc3)cc21. The zero-order valence-electron chi connectivity index (χ0n) is 35.6. The van der Waals surface area contributed by atoms with Gasteiger partial charge in [-0.1, -0.05) is 191 Å². The summed E-state index contributed by atoms with van der Waals surface area (Å²) in [7, 11) is 0. The van der Waals surface area contributed by atoms with E-state index in [1.807, 2.05) is 0 Å². The first kappa shape index (κ1) is 37.6. The summed E-state index contributed by atoms with van der Waals surface area (Å²) in [6.07, 6.45) is 0. The number of para-hydroxylation sites is 2. The number of ether oxygens (including phenoxy) is 1. The molecule has 0 radical (unpaired) electrons. The highest BCUT2D eigenvalue weighted by molar-refractivity contribution is 5.87. The minimum atomic E-state index is -0.183. The van der Waals surface area contributed by atoms with Crippen molar-refractivity contribution in [2.45, 2.75) is 38.5 Å². The Bertz CT molecular complexity index is 3120. The van der Waals surface area contributed by atoms with Crippen LogP contribution in [0.2, 0.25) is 0 Å². The summed E-state index contributed by atoms with van der Waals surface area (Å²) in [6.45, 7) is 9.27. The molecule has 0 saturated heterocycles. The molecule has 2 nitrogen and oxygen atoms in total. The van der Waals surface area contributed by atoms with Gasteiger partial charge in [0.2, 0.25) is 0 Å². The summed E-state index contributed by atoms with van der Waals surface area (Å²) in [5, 5.41) is 0. The van der Waals surface area contributed by atoms with E-state index >= 15 is 0 Å². The van der Waals surface area contributed by atoms with E-state index in [-0.39, 0.29) is 10.8 Å². The Labute approximate surface area is 365 Å². The van der Waals surface area contributed by atoms with Crippen LogP contribution in [0.5, 0.6) is 11.5 Å². The van der Waals surface area contributed by atoms with Crippen molar-refractivity contribution in [2.24, 2.45) is 0 Å². The van der Waals surface area contributed by atoms with Gasteiger partial charge < -0.3 is 9.64 Å². The maximum absolute atomic E-state index is 6.69. The van der Waals surface area contributed by atoms with Gasteiger partial charge in [-0.2, -0.15) is 0 Å². The van der Waals surface area contributed by atoms with Crippen LogP contribution in [0.4, 0.5) is 17.1 Å². The molecule has 0 saturated carbocycles. The quantitative estimate of drug-likeness (QED) is 0.159. The summed E-state index contributed by atoms with van der Waals surface area (Å²) < 4.78 is 6.69. The molecule has 0 aromatic heterocycles. The van der Waals surface area contributed by atoms with Gasteiger partial charge in [-0.15, -0.1) is 0 Å². The number of nitrogens with zero attached hydrogens (tertiary/aromatic N) is 1. The normalized spacial score (nSPS) is 13.9. The molecular weight excluding hydrogens is 751 g/mol. The van der Waals surface area contributed by atoms with Gasteiger partial charge >= 0.3 is 0 Å². The number of hydrogen-bond donors (Lipinski definition) is 0. The fraction of sp³-hybridized carbons (Fsp3) is 0.100. The van der Waals surface area contributed by atoms with Crippen LogP contribution >= 0.6 is 0 Å². The number of hydrogen-bond acceptors (Lipinski definition) is 2. The summed E-state index contributed by atoms with van der Waals surface area (Å²) in [5.41, 5.74) is 20.4. The molecule has 0 N–H and O–H groups in total. The third-order valence-electron chi connectivity index (χ3n) is 13.4. The second-order valence-electron chi connectivity index (χ2n) is 17.7. The van der Waals surface area contributed by atoms with Gasteiger partial charge in [-0.3, -0.25) is 0 Å². The highest BCUT2D eigenvalue weighted by Gasteiger charge is 2.36. The Kier molecular flexibility index (Phi) is 8.87. The number of fused-ring (bicyclic) bond motifs is 5. The van der Waals surface area contributed by atoms with E-state index in [2.05, 4.69) is 245 Å². The molecule has 0 spiro atoms. The van der Waals surface area contributed by atoms with Crippen LogP contribution in [-0.4, -0.2) is 0 Å². The van der Waals surface area contributed by atoms with Crippen molar-refractivity contribution in [1.29, 1.82) is 0 Å². The molecule has 9 aromatic carbocycles. The molecular formula is C60H47NO. The van der Waals surface area contributed by atoms with Crippen LogP contribution in [0.15, 0.2) is 212 Å². The highest BCUT2D eigenvalue weighted by atomic mass is 16.5. The Balaban J connectivity index is 0.972. The molecule has 62 heavy (non-hydrogen) atoms. The van der Waals surface area contributed by atoms with Crippen LogP contribution in [0.3, 0.4) is 0 Å². The lowest BCUT2D eigenvalue weighted by molar-refractivity contribution is 0.419. The number of anilines is 3. The Morgan fingerprint density at radius 3 is 1.39 bits per heavy atom. The number of rotatable bonds is 7. The van der Waals surface area contributed by atoms with Gasteiger partial charge in [-0.25, -0.2) is 0 Å².